The molecule has 0 saturated carbocycles. The predicted molar refractivity (Wildman–Crippen MR) is 120 cm³/mol. The molecule has 1 N–H and O–H groups in total. The number of likely N-dealkylation sites (tertiary alicyclic amines) is 1. The molecule has 0 spiro atoms. The number of halogens is 1. The van der Waals surface area contributed by atoms with Crippen molar-refractivity contribution in [3.8, 4) is 0 Å². The Balaban J connectivity index is 1.57. The third kappa shape index (κ3) is 4.64. The molecule has 1 aromatic heterocycles. The Morgan fingerprint density at radius 3 is 2.40 bits per heavy atom. The van der Waals surface area contributed by atoms with E-state index in [9.17, 15) is 9.59 Å². The van der Waals surface area contributed by atoms with Crippen molar-refractivity contribution < 1.29 is 4.79 Å². The minimum absolute atomic E-state index is 0.0916. The van der Waals surface area contributed by atoms with E-state index in [1.54, 1.807) is 22.9 Å². The Hall–Kier alpha value is -2.89. The first-order valence-electron chi connectivity index (χ1n) is 10.2. The van der Waals surface area contributed by atoms with Gasteiger partial charge >= 0.3 is 0 Å². The summed E-state index contributed by atoms with van der Waals surface area (Å²) in [5.41, 5.74) is 2.27. The van der Waals surface area contributed by atoms with Gasteiger partial charge in [-0.05, 0) is 49.2 Å². The highest BCUT2D eigenvalue weighted by molar-refractivity contribution is 6.31. The van der Waals surface area contributed by atoms with E-state index in [0.29, 0.717) is 17.3 Å². The molecule has 0 bridgehead atoms. The molecule has 1 atom stereocenters. The van der Waals surface area contributed by atoms with Gasteiger partial charge in [0.25, 0.3) is 5.56 Å². The van der Waals surface area contributed by atoms with Gasteiger partial charge in [0, 0.05) is 17.3 Å². The normalized spacial score (nSPS) is 15.1. The second-order valence-electron chi connectivity index (χ2n) is 7.52. The van der Waals surface area contributed by atoms with Crippen LogP contribution in [-0.4, -0.2) is 28.5 Å². The van der Waals surface area contributed by atoms with Crippen molar-refractivity contribution in [2.75, 3.05) is 18.4 Å². The Kier molecular flexibility index (Phi) is 6.31. The Morgan fingerprint density at radius 1 is 0.967 bits per heavy atom. The number of carbonyl (C=O) groups is 1. The van der Waals surface area contributed by atoms with Crippen LogP contribution in [0, 0.1) is 0 Å². The fourth-order valence-electron chi connectivity index (χ4n) is 3.91. The first kappa shape index (κ1) is 20.4. The summed E-state index contributed by atoms with van der Waals surface area (Å²) in [6.45, 7) is 2.15. The summed E-state index contributed by atoms with van der Waals surface area (Å²) in [5.74, 6) is -0.0916. The number of rotatable bonds is 6. The van der Waals surface area contributed by atoms with Gasteiger partial charge in [0.2, 0.25) is 5.91 Å². The molecule has 5 nitrogen and oxygen atoms in total. The lowest BCUT2D eigenvalue weighted by Gasteiger charge is -2.27. The second-order valence-corrected chi connectivity index (χ2v) is 7.93. The van der Waals surface area contributed by atoms with E-state index in [2.05, 4.69) is 10.2 Å². The minimum Gasteiger partial charge on any atom is -0.323 e. The molecule has 0 aliphatic carbocycles. The zero-order valence-electron chi connectivity index (χ0n) is 16.6. The highest BCUT2D eigenvalue weighted by Crippen LogP contribution is 2.26. The first-order valence-corrected chi connectivity index (χ1v) is 10.5. The lowest BCUT2D eigenvalue weighted by Crippen LogP contribution is -2.35. The van der Waals surface area contributed by atoms with E-state index in [-0.39, 0.29) is 17.5 Å². The average molecular weight is 422 g/mol. The van der Waals surface area contributed by atoms with Gasteiger partial charge in [-0.15, -0.1) is 0 Å². The minimum atomic E-state index is -0.349. The molecule has 1 amide bonds. The third-order valence-electron chi connectivity index (χ3n) is 5.42. The molecule has 4 rings (SSSR count). The third-order valence-corrected chi connectivity index (χ3v) is 5.79. The van der Waals surface area contributed by atoms with Gasteiger partial charge in [-0.25, -0.2) is 0 Å². The standard InChI is InChI=1S/C24H24ClN3O2/c25-21-11-5-4-10-19(21)16-28-17-20(12-13-22(28)29)26-24(30)23(27-14-6-7-15-27)18-8-2-1-3-9-18/h1-5,8-13,17,23H,6-7,14-16H2,(H,26,30). The SMILES string of the molecule is O=C(Nc1ccc(=O)n(Cc2ccccc2Cl)c1)C(c1ccccc1)N1CCCC1. The van der Waals surface area contributed by atoms with Gasteiger partial charge < -0.3 is 9.88 Å². The fraction of sp³-hybridized carbons (Fsp3) is 0.250. The van der Waals surface area contributed by atoms with E-state index in [0.717, 1.165) is 37.1 Å². The van der Waals surface area contributed by atoms with Crippen LogP contribution in [-0.2, 0) is 11.3 Å². The number of pyridine rings is 1. The molecule has 2 heterocycles. The predicted octanol–water partition coefficient (Wildman–Crippen LogP) is 4.33. The van der Waals surface area contributed by atoms with Gasteiger partial charge in [-0.3, -0.25) is 14.5 Å². The molecule has 1 fully saturated rings. The maximum Gasteiger partial charge on any atom is 0.250 e. The van der Waals surface area contributed by atoms with Crippen LogP contribution in [0.4, 0.5) is 5.69 Å². The van der Waals surface area contributed by atoms with Crippen molar-refractivity contribution in [1.82, 2.24) is 9.47 Å². The van der Waals surface area contributed by atoms with Crippen LogP contribution in [0.15, 0.2) is 77.7 Å². The average Bonchev–Trinajstić information content (AvgIpc) is 3.27. The molecular weight excluding hydrogens is 398 g/mol. The Morgan fingerprint density at radius 2 is 1.67 bits per heavy atom. The second kappa shape index (κ2) is 9.28. The van der Waals surface area contributed by atoms with Crippen LogP contribution in [0.25, 0.3) is 0 Å². The monoisotopic (exact) mass is 421 g/mol. The zero-order chi connectivity index (χ0) is 20.9. The van der Waals surface area contributed by atoms with E-state index >= 15 is 0 Å². The smallest absolute Gasteiger partial charge is 0.250 e. The molecule has 3 aromatic rings. The van der Waals surface area contributed by atoms with Crippen molar-refractivity contribution in [3.63, 3.8) is 0 Å². The number of benzene rings is 2. The number of nitrogens with zero attached hydrogens (tertiary/aromatic N) is 2. The highest BCUT2D eigenvalue weighted by atomic mass is 35.5. The lowest BCUT2D eigenvalue weighted by molar-refractivity contribution is -0.121. The summed E-state index contributed by atoms with van der Waals surface area (Å²) in [4.78, 5) is 27.8. The number of hydrogen-bond acceptors (Lipinski definition) is 3. The van der Waals surface area contributed by atoms with Crippen LogP contribution in [0.2, 0.25) is 5.02 Å². The largest absolute Gasteiger partial charge is 0.323 e. The van der Waals surface area contributed by atoms with E-state index in [1.807, 2.05) is 48.5 Å². The topological polar surface area (TPSA) is 54.3 Å². The zero-order valence-corrected chi connectivity index (χ0v) is 17.4. The van der Waals surface area contributed by atoms with Crippen LogP contribution in [0.1, 0.15) is 30.0 Å². The van der Waals surface area contributed by atoms with Crippen LogP contribution in [0.5, 0.6) is 0 Å². The van der Waals surface area contributed by atoms with Crippen LogP contribution >= 0.6 is 11.6 Å². The molecule has 1 aliphatic heterocycles. The summed E-state index contributed by atoms with van der Waals surface area (Å²) >= 11 is 6.24. The van der Waals surface area contributed by atoms with Crippen molar-refractivity contribution in [1.29, 1.82) is 0 Å². The molecule has 1 unspecified atom stereocenters. The number of nitrogens with one attached hydrogen (secondary N) is 1. The van der Waals surface area contributed by atoms with Crippen LogP contribution < -0.4 is 10.9 Å². The van der Waals surface area contributed by atoms with Crippen LogP contribution in [0.3, 0.4) is 0 Å². The van der Waals surface area contributed by atoms with Gasteiger partial charge in [-0.2, -0.15) is 0 Å². The quantitative estimate of drug-likeness (QED) is 0.644. The van der Waals surface area contributed by atoms with Crippen molar-refractivity contribution in [2.45, 2.75) is 25.4 Å². The Bertz CT molecular complexity index is 1080. The van der Waals surface area contributed by atoms with Crippen molar-refractivity contribution in [2.24, 2.45) is 0 Å². The summed E-state index contributed by atoms with van der Waals surface area (Å²) < 4.78 is 1.56. The van der Waals surface area contributed by atoms with E-state index < -0.39 is 0 Å². The number of amides is 1. The van der Waals surface area contributed by atoms with E-state index in [1.165, 1.54) is 6.07 Å². The Labute approximate surface area is 180 Å². The molecule has 30 heavy (non-hydrogen) atoms. The lowest BCUT2D eigenvalue weighted by atomic mass is 10.0. The van der Waals surface area contributed by atoms with Gasteiger partial charge in [-0.1, -0.05) is 60.1 Å². The summed E-state index contributed by atoms with van der Waals surface area (Å²) in [5, 5.41) is 3.62. The molecule has 1 aliphatic rings. The maximum absolute atomic E-state index is 13.2. The molecular formula is C24H24ClN3O2. The highest BCUT2D eigenvalue weighted by Gasteiger charge is 2.29. The molecule has 154 valence electrons. The summed E-state index contributed by atoms with van der Waals surface area (Å²) in [6, 6.07) is 20.0. The van der Waals surface area contributed by atoms with Crippen molar-refractivity contribution in [3.05, 3.63) is 99.4 Å². The number of hydrogen-bond donors (Lipinski definition) is 1. The molecule has 6 heteroatoms. The maximum atomic E-state index is 13.2. The number of carbonyl (C=O) groups excluding carboxylic acids is 1. The first-order chi connectivity index (χ1) is 14.6. The molecule has 0 radical (unpaired) electrons. The summed E-state index contributed by atoms with van der Waals surface area (Å²) in [6.07, 6.45) is 3.87. The fourth-order valence-corrected chi connectivity index (χ4v) is 4.11. The van der Waals surface area contributed by atoms with Gasteiger partial charge in [0.15, 0.2) is 0 Å². The van der Waals surface area contributed by atoms with E-state index in [4.69, 9.17) is 11.6 Å². The summed E-state index contributed by atoms with van der Waals surface area (Å²) in [7, 11) is 0. The molecule has 1 saturated heterocycles. The molecule has 2 aromatic carbocycles. The van der Waals surface area contributed by atoms with Gasteiger partial charge in [0.05, 0.1) is 12.2 Å². The number of aromatic nitrogens is 1. The van der Waals surface area contributed by atoms with Gasteiger partial charge in [0.1, 0.15) is 6.04 Å². The van der Waals surface area contributed by atoms with Crippen molar-refractivity contribution >= 4 is 23.2 Å². The number of anilines is 1.